The van der Waals surface area contributed by atoms with Crippen molar-refractivity contribution in [1.29, 1.82) is 0 Å². The molecule has 0 aliphatic carbocycles. The Morgan fingerprint density at radius 1 is 1.36 bits per heavy atom. The van der Waals surface area contributed by atoms with Gasteiger partial charge < -0.3 is 20.0 Å². The lowest BCUT2D eigenvalue weighted by molar-refractivity contribution is -0.105. The Morgan fingerprint density at radius 2 is 2.08 bits per heavy atom. The normalized spacial score (nSPS) is 15.3. The molecule has 0 unspecified atom stereocenters. The minimum absolute atomic E-state index is 0.743. The molecule has 0 bridgehead atoms. The summed E-state index contributed by atoms with van der Waals surface area (Å²) in [5.74, 6) is 0. The van der Waals surface area contributed by atoms with E-state index < -0.39 is 7.82 Å². The first-order valence-corrected chi connectivity index (χ1v) is 10.1. The highest BCUT2D eigenvalue weighted by molar-refractivity contribution is 7.45. The van der Waals surface area contributed by atoms with E-state index in [4.69, 9.17) is 19.2 Å². The summed E-state index contributed by atoms with van der Waals surface area (Å²) in [6, 6.07) is 8.28. The van der Waals surface area contributed by atoms with E-state index in [-0.39, 0.29) is 0 Å². The zero-order valence-electron chi connectivity index (χ0n) is 13.8. The first-order chi connectivity index (χ1) is 11.8. The molecule has 25 heavy (non-hydrogen) atoms. The maximum Gasteiger partial charge on any atom is 0.466 e. The summed E-state index contributed by atoms with van der Waals surface area (Å²) in [4.78, 5) is 36.0. The first-order valence-electron chi connectivity index (χ1n) is 7.74. The van der Waals surface area contributed by atoms with E-state index in [0.29, 0.717) is 0 Å². The van der Waals surface area contributed by atoms with Gasteiger partial charge >= 0.3 is 7.82 Å². The fourth-order valence-corrected chi connectivity index (χ4v) is 3.82. The Kier molecular flexibility index (Phi) is 6.89. The van der Waals surface area contributed by atoms with Crippen LogP contribution in [0.2, 0.25) is 0 Å². The highest BCUT2D eigenvalue weighted by atomic mass is 32.1. The molecule has 3 rings (SSSR count). The largest absolute Gasteiger partial charge is 0.466 e. The van der Waals surface area contributed by atoms with Crippen LogP contribution < -0.4 is 5.32 Å². The fourth-order valence-electron chi connectivity index (χ4n) is 2.62. The molecule has 0 saturated carbocycles. The minimum atomic E-state index is -4.64. The smallest absolute Gasteiger partial charge is 0.327 e. The quantitative estimate of drug-likeness (QED) is 0.477. The summed E-state index contributed by atoms with van der Waals surface area (Å²) in [5, 5.41) is 3.99. The van der Waals surface area contributed by atoms with Crippen LogP contribution in [0.1, 0.15) is 18.2 Å². The van der Waals surface area contributed by atoms with Crippen molar-refractivity contribution in [1.82, 2.24) is 4.90 Å². The van der Waals surface area contributed by atoms with Crippen molar-refractivity contribution in [2.75, 3.05) is 25.0 Å². The van der Waals surface area contributed by atoms with Crippen LogP contribution in [0.15, 0.2) is 30.3 Å². The van der Waals surface area contributed by atoms with Gasteiger partial charge in [0, 0.05) is 18.0 Å². The Labute approximate surface area is 149 Å². The van der Waals surface area contributed by atoms with Crippen LogP contribution in [-0.4, -0.2) is 45.6 Å². The number of nitrogens with zero attached hydrogens (tertiary/aromatic N) is 1. The highest BCUT2D eigenvalue weighted by Crippen LogP contribution is 2.37. The SMILES string of the molecule is CCN1CC=C(c2cc3cccc(NC=O)c3s2)CC1.O=P(O)(O)O. The summed E-state index contributed by atoms with van der Waals surface area (Å²) < 4.78 is 10.0. The Bertz CT molecular complexity index is 806. The highest BCUT2D eigenvalue weighted by Gasteiger charge is 2.14. The third-order valence-corrected chi connectivity index (χ3v) is 5.08. The average Bonchev–Trinajstić information content (AvgIpc) is 2.99. The molecule has 1 aromatic carbocycles. The molecule has 0 radical (unpaired) electrons. The summed E-state index contributed by atoms with van der Waals surface area (Å²) in [6.45, 7) is 5.49. The molecule has 2 heterocycles. The van der Waals surface area contributed by atoms with Gasteiger partial charge in [-0.15, -0.1) is 11.3 Å². The van der Waals surface area contributed by atoms with Gasteiger partial charge in [-0.25, -0.2) is 4.57 Å². The van der Waals surface area contributed by atoms with Gasteiger partial charge in [-0.2, -0.15) is 0 Å². The summed E-state index contributed by atoms with van der Waals surface area (Å²) >= 11 is 1.77. The molecule has 2 aromatic rings. The second-order valence-corrected chi connectivity index (χ2v) is 7.56. The maximum absolute atomic E-state index is 10.7. The van der Waals surface area contributed by atoms with Crippen molar-refractivity contribution in [3.8, 4) is 0 Å². The van der Waals surface area contributed by atoms with E-state index in [1.807, 2.05) is 12.1 Å². The van der Waals surface area contributed by atoms with E-state index in [9.17, 15) is 4.79 Å². The Balaban J connectivity index is 0.000000399. The van der Waals surface area contributed by atoms with Gasteiger partial charge in [0.05, 0.1) is 10.4 Å². The fraction of sp³-hybridized carbons (Fsp3) is 0.312. The van der Waals surface area contributed by atoms with Crippen molar-refractivity contribution in [3.05, 3.63) is 35.2 Å². The number of amides is 1. The molecule has 136 valence electrons. The van der Waals surface area contributed by atoms with Crippen LogP contribution in [0.5, 0.6) is 0 Å². The number of likely N-dealkylation sites (N-methyl/N-ethyl adjacent to an activating group) is 1. The second-order valence-electron chi connectivity index (χ2n) is 5.48. The maximum atomic E-state index is 10.7. The number of phosphoric acid groups is 1. The number of hydrogen-bond donors (Lipinski definition) is 4. The molecule has 0 spiro atoms. The summed E-state index contributed by atoms with van der Waals surface area (Å²) in [7, 11) is -4.64. The van der Waals surface area contributed by atoms with Gasteiger partial charge in [0.2, 0.25) is 6.41 Å². The van der Waals surface area contributed by atoms with Crippen LogP contribution in [0, 0.1) is 0 Å². The molecular formula is C16H21N2O5PS. The first kappa shape index (κ1) is 19.8. The third kappa shape index (κ3) is 6.04. The van der Waals surface area contributed by atoms with Crippen LogP contribution in [0.4, 0.5) is 5.69 Å². The average molecular weight is 384 g/mol. The Morgan fingerprint density at radius 3 is 2.64 bits per heavy atom. The molecule has 1 aliphatic rings. The zero-order valence-corrected chi connectivity index (χ0v) is 15.5. The van der Waals surface area contributed by atoms with Gasteiger partial charge in [-0.3, -0.25) is 9.69 Å². The van der Waals surface area contributed by atoms with Gasteiger partial charge in [-0.05, 0) is 36.1 Å². The number of thiophene rings is 1. The zero-order chi connectivity index (χ0) is 18.4. The lowest BCUT2D eigenvalue weighted by atomic mass is 10.1. The van der Waals surface area contributed by atoms with E-state index >= 15 is 0 Å². The molecule has 0 saturated heterocycles. The number of hydrogen-bond acceptors (Lipinski definition) is 4. The number of fused-ring (bicyclic) bond motifs is 1. The lowest BCUT2D eigenvalue weighted by Crippen LogP contribution is -2.27. The van der Waals surface area contributed by atoms with Gasteiger partial charge in [0.1, 0.15) is 0 Å². The molecule has 0 atom stereocenters. The molecule has 0 fully saturated rings. The Hall–Kier alpha value is -1.54. The van der Waals surface area contributed by atoms with Crippen molar-refractivity contribution >= 4 is 46.9 Å². The van der Waals surface area contributed by atoms with Crippen LogP contribution >= 0.6 is 19.2 Å². The van der Waals surface area contributed by atoms with Gasteiger partial charge in [-0.1, -0.05) is 25.1 Å². The predicted molar refractivity (Wildman–Crippen MR) is 100 cm³/mol. The van der Waals surface area contributed by atoms with Crippen LogP contribution in [0.25, 0.3) is 15.7 Å². The van der Waals surface area contributed by atoms with E-state index in [0.717, 1.165) is 42.9 Å². The van der Waals surface area contributed by atoms with E-state index in [2.05, 4.69) is 35.3 Å². The van der Waals surface area contributed by atoms with Gasteiger partial charge in [0.25, 0.3) is 0 Å². The van der Waals surface area contributed by atoms with Crippen LogP contribution in [0.3, 0.4) is 0 Å². The van der Waals surface area contributed by atoms with E-state index in [1.54, 1.807) is 11.3 Å². The standard InChI is InChI=1S/C16H18N2OS.H3O4P/c1-2-18-8-6-12(7-9-18)15-10-13-4-3-5-14(17-11-19)16(13)20-15;1-5(2,3)4/h3-6,10-11H,2,7-9H2,1H3,(H,17,19);(H3,1,2,3,4). The molecule has 9 heteroatoms. The lowest BCUT2D eigenvalue weighted by Gasteiger charge is -2.24. The molecule has 1 amide bonds. The van der Waals surface area contributed by atoms with Crippen molar-refractivity contribution < 1.29 is 24.0 Å². The topological polar surface area (TPSA) is 110 Å². The van der Waals surface area contributed by atoms with Gasteiger partial charge in [0.15, 0.2) is 0 Å². The molecule has 7 nitrogen and oxygen atoms in total. The second kappa shape index (κ2) is 8.71. The monoisotopic (exact) mass is 384 g/mol. The number of carbonyl (C=O) groups is 1. The minimum Gasteiger partial charge on any atom is -0.327 e. The number of nitrogens with one attached hydrogen (secondary N) is 1. The molecule has 1 aromatic heterocycles. The predicted octanol–water partition coefficient (Wildman–Crippen LogP) is 2.65. The summed E-state index contributed by atoms with van der Waals surface area (Å²) in [6.07, 6.45) is 4.19. The van der Waals surface area contributed by atoms with Crippen molar-refractivity contribution in [3.63, 3.8) is 0 Å². The van der Waals surface area contributed by atoms with Crippen molar-refractivity contribution in [2.24, 2.45) is 0 Å². The number of benzene rings is 1. The molecular weight excluding hydrogens is 363 g/mol. The molecule has 1 aliphatic heterocycles. The third-order valence-electron chi connectivity index (χ3n) is 3.82. The van der Waals surface area contributed by atoms with Crippen molar-refractivity contribution in [2.45, 2.75) is 13.3 Å². The number of carbonyl (C=O) groups excluding carboxylic acids is 1. The number of rotatable bonds is 4. The summed E-state index contributed by atoms with van der Waals surface area (Å²) in [5.41, 5.74) is 2.34. The van der Waals surface area contributed by atoms with Crippen LogP contribution in [-0.2, 0) is 9.36 Å². The molecule has 4 N–H and O–H groups in total. The van der Waals surface area contributed by atoms with E-state index in [1.165, 1.54) is 15.8 Å². The number of anilines is 1.